The van der Waals surface area contributed by atoms with E-state index in [4.69, 9.17) is 11.6 Å². The van der Waals surface area contributed by atoms with E-state index in [0.29, 0.717) is 14.4 Å². The van der Waals surface area contributed by atoms with Crippen LogP contribution in [-0.2, 0) is 16.6 Å². The Morgan fingerprint density at radius 3 is 2.63 bits per heavy atom. The van der Waals surface area contributed by atoms with E-state index in [2.05, 4.69) is 20.7 Å². The zero-order valence-corrected chi connectivity index (χ0v) is 13.4. The van der Waals surface area contributed by atoms with Gasteiger partial charge in [0, 0.05) is 12.1 Å². The lowest BCUT2D eigenvalue weighted by molar-refractivity contribution is 0.467. The van der Waals surface area contributed by atoms with Gasteiger partial charge in [0.1, 0.15) is 9.96 Å². The van der Waals surface area contributed by atoms with E-state index in [-0.39, 0.29) is 16.5 Å². The molecule has 1 aromatic carbocycles. The molecule has 2 rings (SSSR count). The lowest BCUT2D eigenvalue weighted by atomic mass is 10.2. The van der Waals surface area contributed by atoms with E-state index in [1.54, 1.807) is 18.2 Å². The van der Waals surface area contributed by atoms with Crippen molar-refractivity contribution in [2.75, 3.05) is 0 Å². The Hall–Kier alpha value is -0.600. The third-order valence-corrected chi connectivity index (χ3v) is 6.68. The number of thiophene rings is 1. The van der Waals surface area contributed by atoms with Crippen LogP contribution in [0.15, 0.2) is 38.3 Å². The third kappa shape index (κ3) is 3.49. The normalized spacial score (nSPS) is 11.7. The van der Waals surface area contributed by atoms with Crippen LogP contribution in [-0.4, -0.2) is 13.5 Å². The Balaban J connectivity index is 2.17. The largest absolute Gasteiger partial charge is 0.508 e. The molecule has 1 heterocycles. The van der Waals surface area contributed by atoms with Crippen LogP contribution in [0, 0.1) is 0 Å². The summed E-state index contributed by atoms with van der Waals surface area (Å²) in [6, 6.07) is 7.92. The van der Waals surface area contributed by atoms with Crippen LogP contribution < -0.4 is 4.72 Å². The van der Waals surface area contributed by atoms with Gasteiger partial charge in [-0.05, 0) is 28.1 Å². The first-order valence-electron chi connectivity index (χ1n) is 5.11. The lowest BCUT2D eigenvalue weighted by Gasteiger charge is -2.06. The number of hydrogen-bond acceptors (Lipinski definition) is 4. The zero-order valence-electron chi connectivity index (χ0n) is 9.43. The van der Waals surface area contributed by atoms with Crippen LogP contribution in [0.3, 0.4) is 0 Å². The summed E-state index contributed by atoms with van der Waals surface area (Å²) in [5.41, 5.74) is 0.507. The molecule has 1 aromatic heterocycles. The number of halogens is 2. The van der Waals surface area contributed by atoms with Gasteiger partial charge in [-0.2, -0.15) is 0 Å². The molecule has 2 aromatic rings. The van der Waals surface area contributed by atoms with Gasteiger partial charge in [-0.15, -0.1) is 11.3 Å². The highest BCUT2D eigenvalue weighted by molar-refractivity contribution is 9.11. The first-order valence-corrected chi connectivity index (χ1v) is 8.58. The number of benzene rings is 1. The zero-order chi connectivity index (χ0) is 14.0. The van der Waals surface area contributed by atoms with Crippen molar-refractivity contribution in [1.82, 2.24) is 4.72 Å². The highest BCUT2D eigenvalue weighted by atomic mass is 79.9. The molecule has 0 atom stereocenters. The number of aromatic hydroxyl groups is 1. The van der Waals surface area contributed by atoms with E-state index in [0.717, 1.165) is 11.3 Å². The molecule has 0 aliphatic heterocycles. The maximum atomic E-state index is 12.0. The smallest absolute Gasteiger partial charge is 0.250 e. The van der Waals surface area contributed by atoms with Crippen molar-refractivity contribution in [3.63, 3.8) is 0 Å². The first kappa shape index (κ1) is 14.8. The fraction of sp³-hybridized carbons (Fsp3) is 0.0909. The van der Waals surface area contributed by atoms with Gasteiger partial charge in [-0.25, -0.2) is 13.1 Å². The fourth-order valence-electron chi connectivity index (χ4n) is 1.36. The summed E-state index contributed by atoms with van der Waals surface area (Å²) in [5, 5.41) is 9.92. The Labute approximate surface area is 128 Å². The second kappa shape index (κ2) is 5.80. The molecule has 0 radical (unpaired) electrons. The highest BCUT2D eigenvalue weighted by Crippen LogP contribution is 2.34. The summed E-state index contributed by atoms with van der Waals surface area (Å²) in [7, 11) is -3.63. The van der Waals surface area contributed by atoms with Crippen molar-refractivity contribution in [2.24, 2.45) is 0 Å². The van der Waals surface area contributed by atoms with Crippen LogP contribution >= 0.6 is 38.9 Å². The predicted molar refractivity (Wildman–Crippen MR) is 79.2 cm³/mol. The Morgan fingerprint density at radius 1 is 1.37 bits per heavy atom. The molecule has 0 aliphatic carbocycles. The van der Waals surface area contributed by atoms with Crippen LogP contribution in [0.1, 0.15) is 5.56 Å². The summed E-state index contributed by atoms with van der Waals surface area (Å²) in [4.78, 5) is 0. The Bertz CT molecular complexity index is 680. The van der Waals surface area contributed by atoms with Crippen molar-refractivity contribution < 1.29 is 13.5 Å². The van der Waals surface area contributed by atoms with Crippen molar-refractivity contribution in [3.05, 3.63) is 44.7 Å². The second-order valence-corrected chi connectivity index (χ2v) is 8.41. The number of phenolic OH excluding ortho intramolecular Hbond substituents is 1. The summed E-state index contributed by atoms with van der Waals surface area (Å²) in [5.74, 6) is 0.0515. The van der Waals surface area contributed by atoms with Gasteiger partial charge in [-0.3, -0.25) is 0 Å². The molecule has 4 nitrogen and oxygen atoms in total. The second-order valence-electron chi connectivity index (χ2n) is 3.64. The maximum absolute atomic E-state index is 12.0. The predicted octanol–water partition coefficient (Wildman–Crippen LogP) is 3.35. The SMILES string of the molecule is O=S(=O)(NCc1ccccc1O)c1cc(Cl)c(Br)s1. The Morgan fingerprint density at radius 2 is 2.05 bits per heavy atom. The van der Waals surface area contributed by atoms with E-state index in [9.17, 15) is 13.5 Å². The molecule has 8 heteroatoms. The van der Waals surface area contributed by atoms with Crippen LogP contribution in [0.25, 0.3) is 0 Å². The highest BCUT2D eigenvalue weighted by Gasteiger charge is 2.19. The third-order valence-electron chi connectivity index (χ3n) is 2.33. The molecule has 2 N–H and O–H groups in total. The average molecular weight is 383 g/mol. The molecule has 19 heavy (non-hydrogen) atoms. The molecular formula is C11H9BrClNO3S2. The number of phenols is 1. The molecule has 0 fully saturated rings. The molecule has 0 saturated carbocycles. The van der Waals surface area contributed by atoms with E-state index < -0.39 is 10.0 Å². The van der Waals surface area contributed by atoms with Gasteiger partial charge in [0.25, 0.3) is 0 Å². The van der Waals surface area contributed by atoms with E-state index in [1.807, 2.05) is 0 Å². The van der Waals surface area contributed by atoms with Gasteiger partial charge in [0.2, 0.25) is 10.0 Å². The lowest BCUT2D eigenvalue weighted by Crippen LogP contribution is -2.22. The molecule has 0 unspecified atom stereocenters. The summed E-state index contributed by atoms with van der Waals surface area (Å²) in [6.45, 7) is 0.0160. The van der Waals surface area contributed by atoms with Crippen molar-refractivity contribution in [3.8, 4) is 5.75 Å². The fourth-order valence-corrected chi connectivity index (χ4v) is 4.81. The summed E-state index contributed by atoms with van der Waals surface area (Å²) < 4.78 is 27.1. The Kier molecular flexibility index (Phi) is 4.52. The van der Waals surface area contributed by atoms with Crippen molar-refractivity contribution in [1.29, 1.82) is 0 Å². The minimum absolute atomic E-state index is 0.0160. The van der Waals surface area contributed by atoms with Crippen LogP contribution in [0.2, 0.25) is 5.02 Å². The first-order chi connectivity index (χ1) is 8.90. The minimum Gasteiger partial charge on any atom is -0.508 e. The van der Waals surface area contributed by atoms with E-state index in [1.165, 1.54) is 12.1 Å². The maximum Gasteiger partial charge on any atom is 0.250 e. The quantitative estimate of drug-likeness (QED) is 0.852. The molecule has 0 spiro atoms. The topological polar surface area (TPSA) is 66.4 Å². The number of hydrogen-bond donors (Lipinski definition) is 2. The minimum atomic E-state index is -3.63. The van der Waals surface area contributed by atoms with Gasteiger partial charge >= 0.3 is 0 Å². The average Bonchev–Trinajstić information content (AvgIpc) is 2.70. The van der Waals surface area contributed by atoms with Crippen molar-refractivity contribution >= 4 is 48.9 Å². The number of rotatable bonds is 4. The van der Waals surface area contributed by atoms with Crippen LogP contribution in [0.4, 0.5) is 0 Å². The number of nitrogens with one attached hydrogen (secondary N) is 1. The summed E-state index contributed by atoms with van der Waals surface area (Å²) >= 11 is 10.0. The number of sulfonamides is 1. The molecule has 0 amide bonds. The molecule has 0 bridgehead atoms. The van der Waals surface area contributed by atoms with Crippen LogP contribution in [0.5, 0.6) is 5.75 Å². The standard InChI is InChI=1S/C11H9BrClNO3S2/c12-11-8(13)5-10(18-11)19(16,17)14-6-7-3-1-2-4-9(7)15/h1-5,14-15H,6H2. The van der Waals surface area contributed by atoms with Gasteiger partial charge in [-0.1, -0.05) is 29.8 Å². The van der Waals surface area contributed by atoms with Gasteiger partial charge in [0.05, 0.1) is 8.81 Å². The molecule has 0 aliphatic rings. The molecule has 0 saturated heterocycles. The number of para-hydroxylation sites is 1. The summed E-state index contributed by atoms with van der Waals surface area (Å²) in [6.07, 6.45) is 0. The molecule has 102 valence electrons. The molecular weight excluding hydrogens is 374 g/mol. The van der Waals surface area contributed by atoms with Gasteiger partial charge in [0.15, 0.2) is 0 Å². The van der Waals surface area contributed by atoms with E-state index >= 15 is 0 Å². The van der Waals surface area contributed by atoms with Gasteiger partial charge < -0.3 is 5.11 Å². The van der Waals surface area contributed by atoms with Crippen molar-refractivity contribution in [2.45, 2.75) is 10.8 Å². The monoisotopic (exact) mass is 381 g/mol.